The van der Waals surface area contributed by atoms with Gasteiger partial charge < -0.3 is 5.32 Å². The van der Waals surface area contributed by atoms with Gasteiger partial charge in [-0.15, -0.1) is 0 Å². The highest BCUT2D eigenvalue weighted by molar-refractivity contribution is 7.89. The number of hydrogen-bond acceptors (Lipinski definition) is 3. The summed E-state index contributed by atoms with van der Waals surface area (Å²) in [4.78, 5) is 0. The van der Waals surface area contributed by atoms with E-state index in [0.29, 0.717) is 18.0 Å². The van der Waals surface area contributed by atoms with Crippen LogP contribution >= 0.6 is 11.6 Å². The Morgan fingerprint density at radius 2 is 2.06 bits per heavy atom. The third-order valence-electron chi connectivity index (χ3n) is 2.43. The van der Waals surface area contributed by atoms with Crippen LogP contribution in [0.2, 0.25) is 5.02 Å². The van der Waals surface area contributed by atoms with Gasteiger partial charge in [0.05, 0.1) is 5.75 Å². The Hall–Kier alpha value is -0.620. The Morgan fingerprint density at radius 3 is 2.65 bits per heavy atom. The van der Waals surface area contributed by atoms with Crippen LogP contribution in [0.25, 0.3) is 0 Å². The molecule has 1 aromatic carbocycles. The molecule has 0 heterocycles. The van der Waals surface area contributed by atoms with Crippen molar-refractivity contribution in [3.8, 4) is 0 Å². The van der Waals surface area contributed by atoms with Gasteiger partial charge in [0.15, 0.2) is 0 Å². The van der Waals surface area contributed by atoms with E-state index in [1.807, 2.05) is 31.2 Å². The summed E-state index contributed by atoms with van der Waals surface area (Å²) in [7, 11) is -3.36. The molecule has 0 saturated carbocycles. The van der Waals surface area contributed by atoms with E-state index in [-0.39, 0.29) is 11.8 Å². The first-order chi connectivity index (χ1) is 7.90. The van der Waals surface area contributed by atoms with Crippen molar-refractivity contribution in [3.63, 3.8) is 0 Å². The highest BCUT2D eigenvalue weighted by Crippen LogP contribution is 2.21. The molecular weight excluding hydrogens is 260 g/mol. The summed E-state index contributed by atoms with van der Waals surface area (Å²) in [6.07, 6.45) is 0.494. The summed E-state index contributed by atoms with van der Waals surface area (Å²) >= 11 is 6.05. The summed E-state index contributed by atoms with van der Waals surface area (Å²) in [6, 6.07) is 7.66. The molecule has 6 heteroatoms. The molecule has 0 aromatic heterocycles. The zero-order valence-electron chi connectivity index (χ0n) is 9.69. The molecule has 0 amide bonds. The minimum Gasteiger partial charge on any atom is -0.310 e. The lowest BCUT2D eigenvalue weighted by Gasteiger charge is -2.15. The quantitative estimate of drug-likeness (QED) is 0.777. The smallest absolute Gasteiger partial charge is 0.209 e. The van der Waals surface area contributed by atoms with Crippen LogP contribution in [-0.2, 0) is 10.0 Å². The molecule has 17 heavy (non-hydrogen) atoms. The van der Waals surface area contributed by atoms with E-state index in [1.165, 1.54) is 0 Å². The normalized spacial score (nSPS) is 13.6. The van der Waals surface area contributed by atoms with Crippen LogP contribution in [0.5, 0.6) is 0 Å². The second kappa shape index (κ2) is 6.35. The number of sulfonamides is 1. The van der Waals surface area contributed by atoms with E-state index >= 15 is 0 Å². The van der Waals surface area contributed by atoms with Crippen LogP contribution in [0.1, 0.15) is 24.9 Å². The average molecular weight is 277 g/mol. The van der Waals surface area contributed by atoms with Crippen molar-refractivity contribution in [2.45, 2.75) is 19.4 Å². The van der Waals surface area contributed by atoms with Crippen LogP contribution in [0.3, 0.4) is 0 Å². The maximum atomic E-state index is 10.7. The zero-order valence-corrected chi connectivity index (χ0v) is 11.3. The number of halogens is 1. The Labute approximate surface area is 107 Å². The lowest BCUT2D eigenvalue weighted by atomic mass is 10.1. The molecule has 1 rings (SSSR count). The fraction of sp³-hybridized carbons (Fsp3) is 0.455. The van der Waals surface area contributed by atoms with Gasteiger partial charge in [0.25, 0.3) is 0 Å². The van der Waals surface area contributed by atoms with Crippen LogP contribution in [-0.4, -0.2) is 20.7 Å². The van der Waals surface area contributed by atoms with E-state index in [1.54, 1.807) is 0 Å². The predicted molar refractivity (Wildman–Crippen MR) is 70.5 cm³/mol. The molecule has 1 atom stereocenters. The second-order valence-corrected chi connectivity index (χ2v) is 6.06. The minimum atomic E-state index is -3.36. The van der Waals surface area contributed by atoms with Gasteiger partial charge in [-0.3, -0.25) is 0 Å². The van der Waals surface area contributed by atoms with Crippen molar-refractivity contribution in [2.24, 2.45) is 5.14 Å². The summed E-state index contributed by atoms with van der Waals surface area (Å²) in [5.41, 5.74) is 1.00. The molecule has 0 bridgehead atoms. The summed E-state index contributed by atoms with van der Waals surface area (Å²) in [5, 5.41) is 8.83. The van der Waals surface area contributed by atoms with Gasteiger partial charge in [0.2, 0.25) is 10.0 Å². The van der Waals surface area contributed by atoms with Crippen LogP contribution in [0.4, 0.5) is 0 Å². The molecule has 0 aliphatic heterocycles. The van der Waals surface area contributed by atoms with Crippen LogP contribution in [0, 0.1) is 0 Å². The van der Waals surface area contributed by atoms with Crippen molar-refractivity contribution in [1.82, 2.24) is 5.32 Å². The summed E-state index contributed by atoms with van der Waals surface area (Å²) < 4.78 is 21.5. The van der Waals surface area contributed by atoms with Gasteiger partial charge in [0.1, 0.15) is 0 Å². The Balaban J connectivity index is 2.41. The topological polar surface area (TPSA) is 72.2 Å². The standard InChI is InChI=1S/C11H17ClN2O2S/c1-9(10-5-2-3-6-11(10)12)14-7-4-8-17(13,15)16/h2-3,5-6,9,14H,4,7-8H2,1H3,(H2,13,15,16)/t9-/m1/s1. The number of benzene rings is 1. The highest BCUT2D eigenvalue weighted by atomic mass is 35.5. The Kier molecular flexibility index (Phi) is 5.39. The number of rotatable bonds is 6. The van der Waals surface area contributed by atoms with E-state index in [9.17, 15) is 8.42 Å². The van der Waals surface area contributed by atoms with Gasteiger partial charge in [0, 0.05) is 11.1 Å². The molecule has 0 unspecified atom stereocenters. The van der Waals surface area contributed by atoms with Gasteiger partial charge in [-0.1, -0.05) is 29.8 Å². The summed E-state index contributed by atoms with van der Waals surface area (Å²) in [5.74, 6) is -0.00472. The first kappa shape index (κ1) is 14.4. The Morgan fingerprint density at radius 1 is 1.41 bits per heavy atom. The molecule has 1 aromatic rings. The fourth-order valence-corrected chi connectivity index (χ4v) is 2.37. The first-order valence-electron chi connectivity index (χ1n) is 5.38. The monoisotopic (exact) mass is 276 g/mol. The van der Waals surface area contributed by atoms with Gasteiger partial charge >= 0.3 is 0 Å². The third kappa shape index (κ3) is 5.50. The molecular formula is C11H17ClN2O2S. The fourth-order valence-electron chi connectivity index (χ4n) is 1.53. The van der Waals surface area contributed by atoms with Crippen molar-refractivity contribution >= 4 is 21.6 Å². The van der Waals surface area contributed by atoms with Crippen molar-refractivity contribution in [2.75, 3.05) is 12.3 Å². The van der Waals surface area contributed by atoms with Crippen molar-refractivity contribution in [1.29, 1.82) is 0 Å². The molecule has 0 saturated heterocycles. The molecule has 96 valence electrons. The lowest BCUT2D eigenvalue weighted by Crippen LogP contribution is -2.24. The second-order valence-electron chi connectivity index (χ2n) is 3.92. The maximum Gasteiger partial charge on any atom is 0.209 e. The van der Waals surface area contributed by atoms with Crippen molar-refractivity contribution < 1.29 is 8.42 Å². The number of hydrogen-bond donors (Lipinski definition) is 2. The molecule has 0 aliphatic rings. The molecule has 0 aliphatic carbocycles. The predicted octanol–water partition coefficient (Wildman–Crippen LogP) is 1.67. The van der Waals surface area contributed by atoms with E-state index in [0.717, 1.165) is 5.56 Å². The van der Waals surface area contributed by atoms with Gasteiger partial charge in [-0.05, 0) is 31.5 Å². The SMILES string of the molecule is C[C@@H](NCCCS(N)(=O)=O)c1ccccc1Cl. The van der Waals surface area contributed by atoms with E-state index < -0.39 is 10.0 Å². The van der Waals surface area contributed by atoms with Crippen LogP contribution < -0.4 is 10.5 Å². The summed E-state index contributed by atoms with van der Waals surface area (Å²) in [6.45, 7) is 2.57. The third-order valence-corrected chi connectivity index (χ3v) is 3.63. The first-order valence-corrected chi connectivity index (χ1v) is 7.48. The minimum absolute atomic E-state index is 0.00472. The van der Waals surface area contributed by atoms with Gasteiger partial charge in [-0.25, -0.2) is 13.6 Å². The highest BCUT2D eigenvalue weighted by Gasteiger charge is 2.08. The molecule has 0 radical (unpaired) electrons. The molecule has 0 fully saturated rings. The molecule has 0 spiro atoms. The number of primary sulfonamides is 1. The van der Waals surface area contributed by atoms with Gasteiger partial charge in [-0.2, -0.15) is 0 Å². The maximum absolute atomic E-state index is 10.7. The average Bonchev–Trinajstić information content (AvgIpc) is 2.23. The van der Waals surface area contributed by atoms with Crippen molar-refractivity contribution in [3.05, 3.63) is 34.9 Å². The Bertz CT molecular complexity index is 462. The largest absolute Gasteiger partial charge is 0.310 e. The lowest BCUT2D eigenvalue weighted by molar-refractivity contribution is 0.561. The molecule has 3 N–H and O–H groups in total. The number of nitrogens with one attached hydrogen (secondary N) is 1. The zero-order chi connectivity index (χ0) is 12.9. The molecule has 4 nitrogen and oxygen atoms in total. The van der Waals surface area contributed by atoms with Crippen LogP contribution in [0.15, 0.2) is 24.3 Å². The number of nitrogens with two attached hydrogens (primary N) is 1. The van der Waals surface area contributed by atoms with E-state index in [2.05, 4.69) is 5.32 Å². The van der Waals surface area contributed by atoms with E-state index in [4.69, 9.17) is 16.7 Å².